The third kappa shape index (κ3) is 3.89. The normalized spacial score (nSPS) is 15.3. The molecule has 5 nitrogen and oxygen atoms in total. The second-order valence-corrected chi connectivity index (χ2v) is 8.22. The van der Waals surface area contributed by atoms with E-state index in [9.17, 15) is 9.59 Å². The average molecular weight is 416 g/mol. The summed E-state index contributed by atoms with van der Waals surface area (Å²) in [6, 6.07) is 17.7. The lowest BCUT2D eigenvalue weighted by Crippen LogP contribution is -2.29. The van der Waals surface area contributed by atoms with Crippen molar-refractivity contribution in [2.24, 2.45) is 0 Å². The topological polar surface area (TPSA) is 66.1 Å². The van der Waals surface area contributed by atoms with Crippen molar-refractivity contribution in [3.8, 4) is 6.07 Å². The molecule has 0 atom stereocenters. The maximum atomic E-state index is 12.7. The summed E-state index contributed by atoms with van der Waals surface area (Å²) in [5.41, 5.74) is 3.69. The van der Waals surface area contributed by atoms with Crippen LogP contribution >= 0.6 is 11.8 Å². The SMILES string of the molecule is CCCCN1C(=O)S/C(=C\c2cn(Cc3ccc(C#N)cc3)c3ccccc23)C1=O. The summed E-state index contributed by atoms with van der Waals surface area (Å²) in [5.74, 6) is -0.206. The molecule has 1 aromatic heterocycles. The molecule has 30 heavy (non-hydrogen) atoms. The van der Waals surface area contributed by atoms with Crippen LogP contribution in [0.25, 0.3) is 17.0 Å². The largest absolute Gasteiger partial charge is 0.342 e. The van der Waals surface area contributed by atoms with Gasteiger partial charge in [0.25, 0.3) is 11.1 Å². The van der Waals surface area contributed by atoms with Gasteiger partial charge in [0.05, 0.1) is 16.5 Å². The third-order valence-corrected chi connectivity index (χ3v) is 6.06. The lowest BCUT2D eigenvalue weighted by atomic mass is 10.1. The van der Waals surface area contributed by atoms with Gasteiger partial charge in [-0.1, -0.05) is 43.7 Å². The molecule has 1 saturated heterocycles. The number of fused-ring (bicyclic) bond motifs is 1. The number of hydrogen-bond acceptors (Lipinski definition) is 4. The van der Waals surface area contributed by atoms with Crippen molar-refractivity contribution < 1.29 is 9.59 Å². The van der Waals surface area contributed by atoms with Crippen molar-refractivity contribution in [3.05, 3.63) is 76.3 Å². The summed E-state index contributed by atoms with van der Waals surface area (Å²) >= 11 is 1.01. The molecule has 2 amide bonds. The van der Waals surface area contributed by atoms with Crippen LogP contribution in [0, 0.1) is 11.3 Å². The molecule has 1 fully saturated rings. The number of hydrogen-bond donors (Lipinski definition) is 0. The van der Waals surface area contributed by atoms with Gasteiger partial charge in [-0.25, -0.2) is 0 Å². The molecule has 2 aromatic carbocycles. The van der Waals surface area contributed by atoms with E-state index >= 15 is 0 Å². The number of nitrogens with zero attached hydrogens (tertiary/aromatic N) is 3. The average Bonchev–Trinajstić information content (AvgIpc) is 3.24. The van der Waals surface area contributed by atoms with E-state index in [-0.39, 0.29) is 11.1 Å². The van der Waals surface area contributed by atoms with E-state index < -0.39 is 0 Å². The Kier molecular flexibility index (Phi) is 5.73. The van der Waals surface area contributed by atoms with E-state index in [2.05, 4.69) is 10.6 Å². The molecule has 1 aliphatic heterocycles. The Balaban J connectivity index is 1.67. The molecule has 3 aromatic rings. The molecule has 4 rings (SSSR count). The van der Waals surface area contributed by atoms with Gasteiger partial charge in [-0.3, -0.25) is 14.5 Å². The Morgan fingerprint density at radius 1 is 1.10 bits per heavy atom. The van der Waals surface area contributed by atoms with E-state index in [4.69, 9.17) is 5.26 Å². The van der Waals surface area contributed by atoms with Crippen molar-refractivity contribution in [2.75, 3.05) is 6.54 Å². The minimum Gasteiger partial charge on any atom is -0.342 e. The van der Waals surface area contributed by atoms with Crippen molar-refractivity contribution in [1.82, 2.24) is 9.47 Å². The third-order valence-electron chi connectivity index (χ3n) is 5.15. The van der Waals surface area contributed by atoms with Crippen LogP contribution in [0.5, 0.6) is 0 Å². The van der Waals surface area contributed by atoms with Crippen molar-refractivity contribution in [1.29, 1.82) is 5.26 Å². The number of thioether (sulfide) groups is 1. The highest BCUT2D eigenvalue weighted by atomic mass is 32.2. The molecule has 150 valence electrons. The predicted octanol–water partition coefficient (Wildman–Crippen LogP) is 5.40. The zero-order valence-electron chi connectivity index (χ0n) is 16.7. The quantitative estimate of drug-likeness (QED) is 0.506. The van der Waals surface area contributed by atoms with Crippen LogP contribution in [0.3, 0.4) is 0 Å². The summed E-state index contributed by atoms with van der Waals surface area (Å²) in [6.07, 6.45) is 5.59. The Bertz CT molecular complexity index is 1190. The van der Waals surface area contributed by atoms with Gasteiger partial charge in [0.15, 0.2) is 0 Å². The van der Waals surface area contributed by atoms with Crippen LogP contribution in [0.2, 0.25) is 0 Å². The maximum Gasteiger partial charge on any atom is 0.293 e. The maximum absolute atomic E-state index is 12.7. The highest BCUT2D eigenvalue weighted by Gasteiger charge is 2.34. The Morgan fingerprint density at radius 2 is 1.87 bits per heavy atom. The standard InChI is InChI=1S/C24H21N3O2S/c1-2-3-12-27-23(28)22(30-24(27)29)13-19-16-26(21-7-5-4-6-20(19)21)15-18-10-8-17(14-25)9-11-18/h4-11,13,16H,2-3,12,15H2,1H3/b22-13-. The van der Waals surface area contributed by atoms with Gasteiger partial charge in [-0.2, -0.15) is 5.26 Å². The van der Waals surface area contributed by atoms with Gasteiger partial charge in [0.2, 0.25) is 0 Å². The fraction of sp³-hybridized carbons (Fsp3) is 0.208. The fourth-order valence-corrected chi connectivity index (χ4v) is 4.41. The minimum atomic E-state index is -0.206. The second kappa shape index (κ2) is 8.60. The van der Waals surface area contributed by atoms with Crippen LogP contribution in [-0.2, 0) is 11.3 Å². The monoisotopic (exact) mass is 415 g/mol. The molecular weight excluding hydrogens is 394 g/mol. The Labute approximate surface area is 179 Å². The number of unbranched alkanes of at least 4 members (excludes halogenated alkanes) is 1. The summed E-state index contributed by atoms with van der Waals surface area (Å²) in [6.45, 7) is 3.16. The summed E-state index contributed by atoms with van der Waals surface area (Å²) < 4.78 is 2.13. The van der Waals surface area contributed by atoms with Gasteiger partial charge in [0.1, 0.15) is 0 Å². The number of rotatable bonds is 6. The molecule has 0 radical (unpaired) electrons. The zero-order valence-corrected chi connectivity index (χ0v) is 17.5. The molecule has 0 spiro atoms. The lowest BCUT2D eigenvalue weighted by molar-refractivity contribution is -0.122. The number of amides is 2. The van der Waals surface area contributed by atoms with Crippen LogP contribution in [-0.4, -0.2) is 27.2 Å². The summed E-state index contributed by atoms with van der Waals surface area (Å²) in [7, 11) is 0. The zero-order chi connectivity index (χ0) is 21.1. The molecule has 2 heterocycles. The first-order chi connectivity index (χ1) is 14.6. The van der Waals surface area contributed by atoms with Gasteiger partial charge in [-0.15, -0.1) is 0 Å². The predicted molar refractivity (Wildman–Crippen MR) is 120 cm³/mol. The minimum absolute atomic E-state index is 0.193. The molecule has 0 N–H and O–H groups in total. The lowest BCUT2D eigenvalue weighted by Gasteiger charge is -2.10. The molecule has 0 bridgehead atoms. The summed E-state index contributed by atoms with van der Waals surface area (Å²) in [4.78, 5) is 26.8. The van der Waals surface area contributed by atoms with Crippen molar-refractivity contribution >= 4 is 39.9 Å². The van der Waals surface area contributed by atoms with E-state index in [1.165, 1.54) is 4.90 Å². The van der Waals surface area contributed by atoms with Crippen LogP contribution in [0.4, 0.5) is 4.79 Å². The van der Waals surface area contributed by atoms with Crippen molar-refractivity contribution in [2.45, 2.75) is 26.3 Å². The smallest absolute Gasteiger partial charge is 0.293 e. The van der Waals surface area contributed by atoms with Crippen molar-refractivity contribution in [3.63, 3.8) is 0 Å². The summed E-state index contributed by atoms with van der Waals surface area (Å²) in [5, 5.41) is 9.83. The number of aromatic nitrogens is 1. The number of benzene rings is 2. The first kappa shape index (κ1) is 20.0. The van der Waals surface area contributed by atoms with E-state index in [0.717, 1.165) is 46.6 Å². The number of carbonyl (C=O) groups is 2. The molecule has 0 saturated carbocycles. The molecule has 1 aliphatic rings. The number of carbonyl (C=O) groups excluding carboxylic acids is 2. The first-order valence-electron chi connectivity index (χ1n) is 9.93. The van der Waals surface area contributed by atoms with Crippen LogP contribution < -0.4 is 0 Å². The number of imide groups is 1. The van der Waals surface area contributed by atoms with Gasteiger partial charge in [-0.05, 0) is 48.0 Å². The van der Waals surface area contributed by atoms with E-state index in [1.54, 1.807) is 0 Å². The highest BCUT2D eigenvalue weighted by molar-refractivity contribution is 8.18. The molecule has 0 aliphatic carbocycles. The fourth-order valence-electron chi connectivity index (χ4n) is 3.55. The van der Waals surface area contributed by atoms with Gasteiger partial charge >= 0.3 is 0 Å². The van der Waals surface area contributed by atoms with E-state index in [0.29, 0.717) is 23.6 Å². The Morgan fingerprint density at radius 3 is 2.60 bits per heavy atom. The molecular formula is C24H21N3O2S. The Hall–Kier alpha value is -3.30. The number of nitriles is 1. The van der Waals surface area contributed by atoms with Crippen LogP contribution in [0.1, 0.15) is 36.5 Å². The van der Waals surface area contributed by atoms with Crippen LogP contribution in [0.15, 0.2) is 59.6 Å². The molecule has 0 unspecified atom stereocenters. The number of para-hydroxylation sites is 1. The van der Waals surface area contributed by atoms with E-state index in [1.807, 2.05) is 67.7 Å². The molecule has 6 heteroatoms. The highest BCUT2D eigenvalue weighted by Crippen LogP contribution is 2.34. The van der Waals surface area contributed by atoms with Gasteiger partial charge < -0.3 is 4.57 Å². The first-order valence-corrected chi connectivity index (χ1v) is 10.7. The second-order valence-electron chi connectivity index (χ2n) is 7.23. The van der Waals surface area contributed by atoms with Gasteiger partial charge in [0, 0.05) is 35.8 Å².